The molecule has 0 saturated carbocycles. The molecule has 6 N–H and O–H groups in total. The molecule has 0 radical (unpaired) electrons. The molecule has 0 aromatic heterocycles. The van der Waals surface area contributed by atoms with E-state index in [-0.39, 0.29) is 6.42 Å². The van der Waals surface area contributed by atoms with E-state index in [2.05, 4.69) is 12.1 Å². The van der Waals surface area contributed by atoms with E-state index in [9.17, 15) is 18.3 Å². The van der Waals surface area contributed by atoms with E-state index in [4.69, 9.17) is 20.8 Å². The van der Waals surface area contributed by atoms with Crippen LogP contribution < -0.4 is 16.2 Å². The Morgan fingerprint density at radius 1 is 1.07 bits per heavy atom. The molecule has 1 unspecified atom stereocenters. The second-order valence-electron chi connectivity index (χ2n) is 6.67. The SMILES string of the molecule is CS(=O)(=O)O.NC(=O)C(N)(CO)Cc1ccc(OCCCc2ccccc2)cc1. The van der Waals surface area contributed by atoms with Gasteiger partial charge in [0.05, 0.1) is 19.5 Å². The van der Waals surface area contributed by atoms with Crippen molar-refractivity contribution in [3.8, 4) is 5.75 Å². The lowest BCUT2D eigenvalue weighted by Gasteiger charge is -2.23. The van der Waals surface area contributed by atoms with Crippen molar-refractivity contribution < 1.29 is 27.6 Å². The van der Waals surface area contributed by atoms with Gasteiger partial charge in [0.25, 0.3) is 10.1 Å². The van der Waals surface area contributed by atoms with Gasteiger partial charge >= 0.3 is 0 Å². The highest BCUT2D eigenvalue weighted by Crippen LogP contribution is 2.16. The Kier molecular flexibility index (Phi) is 9.76. The van der Waals surface area contributed by atoms with Crippen molar-refractivity contribution in [2.24, 2.45) is 11.5 Å². The summed E-state index contributed by atoms with van der Waals surface area (Å²) < 4.78 is 31.6. The smallest absolute Gasteiger partial charge is 0.261 e. The predicted octanol–water partition coefficient (Wildman–Crippen LogP) is 0.920. The fraction of sp³-hybridized carbons (Fsp3) is 0.350. The molecule has 0 aliphatic heterocycles. The predicted molar refractivity (Wildman–Crippen MR) is 111 cm³/mol. The number of primary amides is 1. The standard InChI is InChI=1S/C19H24N2O3.CH4O3S/c20-18(23)19(21,14-22)13-16-8-10-17(11-9-16)24-12-4-7-15-5-2-1-3-6-15;1-5(2,3)4/h1-3,5-6,8-11,22H,4,7,12-14,21H2,(H2,20,23);1H3,(H,2,3,4). The molecule has 8 nitrogen and oxygen atoms in total. The van der Waals surface area contributed by atoms with Gasteiger partial charge in [-0.25, -0.2) is 0 Å². The average molecular weight is 425 g/mol. The topological polar surface area (TPSA) is 153 Å². The summed E-state index contributed by atoms with van der Waals surface area (Å²) in [6, 6.07) is 17.6. The molecule has 0 saturated heterocycles. The zero-order valence-corrected chi connectivity index (χ0v) is 17.1. The molecule has 2 aromatic carbocycles. The molecular formula is C20H28N2O6S. The minimum absolute atomic E-state index is 0.188. The van der Waals surface area contributed by atoms with Crippen molar-refractivity contribution in [2.75, 3.05) is 19.5 Å². The number of carbonyl (C=O) groups excluding carboxylic acids is 1. The molecule has 0 heterocycles. The molecule has 1 amide bonds. The largest absolute Gasteiger partial charge is 0.494 e. The molecule has 2 rings (SSSR count). The third-order valence-corrected chi connectivity index (χ3v) is 3.94. The number of rotatable bonds is 9. The minimum Gasteiger partial charge on any atom is -0.494 e. The summed E-state index contributed by atoms with van der Waals surface area (Å²) >= 11 is 0. The quantitative estimate of drug-likeness (QED) is 0.345. The summed E-state index contributed by atoms with van der Waals surface area (Å²) in [7, 11) is -3.67. The Balaban J connectivity index is 0.000000749. The summed E-state index contributed by atoms with van der Waals surface area (Å²) in [6.45, 7) is 0.146. The van der Waals surface area contributed by atoms with Gasteiger partial charge in [-0.15, -0.1) is 0 Å². The van der Waals surface area contributed by atoms with Crippen molar-refractivity contribution in [1.82, 2.24) is 0 Å². The summed E-state index contributed by atoms with van der Waals surface area (Å²) in [5.74, 6) is 0.0451. The normalized spacial score (nSPS) is 13.0. The highest BCUT2D eigenvalue weighted by atomic mass is 32.2. The van der Waals surface area contributed by atoms with Crippen LogP contribution in [0.2, 0.25) is 0 Å². The van der Waals surface area contributed by atoms with Crippen molar-refractivity contribution in [3.63, 3.8) is 0 Å². The van der Waals surface area contributed by atoms with Crippen LogP contribution in [0, 0.1) is 0 Å². The van der Waals surface area contributed by atoms with Crippen LogP contribution in [0.4, 0.5) is 0 Å². The van der Waals surface area contributed by atoms with Crippen LogP contribution in [0.5, 0.6) is 5.75 Å². The lowest BCUT2D eigenvalue weighted by molar-refractivity contribution is -0.124. The maximum atomic E-state index is 11.3. The van der Waals surface area contributed by atoms with E-state index < -0.39 is 28.2 Å². The number of ether oxygens (including phenoxy) is 1. The van der Waals surface area contributed by atoms with Crippen LogP contribution in [-0.2, 0) is 27.8 Å². The zero-order chi connectivity index (χ0) is 21.9. The van der Waals surface area contributed by atoms with E-state index >= 15 is 0 Å². The number of amides is 1. The molecule has 1 atom stereocenters. The van der Waals surface area contributed by atoms with Crippen molar-refractivity contribution in [2.45, 2.75) is 24.8 Å². The van der Waals surface area contributed by atoms with Crippen LogP contribution in [0.25, 0.3) is 0 Å². The molecule has 29 heavy (non-hydrogen) atoms. The first-order chi connectivity index (χ1) is 13.5. The van der Waals surface area contributed by atoms with Crippen LogP contribution in [0.15, 0.2) is 54.6 Å². The second-order valence-corrected chi connectivity index (χ2v) is 8.14. The van der Waals surface area contributed by atoms with E-state index in [0.717, 1.165) is 24.2 Å². The zero-order valence-electron chi connectivity index (χ0n) is 16.3. The Morgan fingerprint density at radius 3 is 2.10 bits per heavy atom. The van der Waals surface area contributed by atoms with Gasteiger partial charge in [-0.3, -0.25) is 9.35 Å². The fourth-order valence-corrected chi connectivity index (χ4v) is 2.40. The lowest BCUT2D eigenvalue weighted by atomic mass is 9.92. The molecule has 160 valence electrons. The van der Waals surface area contributed by atoms with Crippen molar-refractivity contribution >= 4 is 16.0 Å². The maximum Gasteiger partial charge on any atom is 0.261 e. The first kappa shape index (κ1) is 24.6. The third kappa shape index (κ3) is 10.6. The first-order valence-corrected chi connectivity index (χ1v) is 10.8. The van der Waals surface area contributed by atoms with Crippen LogP contribution in [0.3, 0.4) is 0 Å². The number of aliphatic hydroxyl groups excluding tert-OH is 1. The summed E-state index contributed by atoms with van der Waals surface area (Å²) in [4.78, 5) is 11.3. The summed E-state index contributed by atoms with van der Waals surface area (Å²) in [6.07, 6.45) is 2.81. The first-order valence-electron chi connectivity index (χ1n) is 8.91. The van der Waals surface area contributed by atoms with Gasteiger partial charge in [0, 0.05) is 6.42 Å². The molecule has 9 heteroatoms. The highest BCUT2D eigenvalue weighted by molar-refractivity contribution is 7.85. The molecule has 0 bridgehead atoms. The van der Waals surface area contributed by atoms with Crippen LogP contribution >= 0.6 is 0 Å². The van der Waals surface area contributed by atoms with Gasteiger partial charge in [-0.2, -0.15) is 8.42 Å². The number of carbonyl (C=O) groups is 1. The van der Waals surface area contributed by atoms with Crippen molar-refractivity contribution in [3.05, 3.63) is 65.7 Å². The molecule has 0 spiro atoms. The minimum atomic E-state index is -3.67. The number of hydrogen-bond acceptors (Lipinski definition) is 6. The molecule has 0 aliphatic carbocycles. The number of aryl methyl sites for hydroxylation is 1. The molecule has 0 fully saturated rings. The maximum absolute atomic E-state index is 11.3. The Bertz CT molecular complexity index is 848. The average Bonchev–Trinajstić information content (AvgIpc) is 2.66. The Labute approximate surface area is 171 Å². The fourth-order valence-electron chi connectivity index (χ4n) is 2.40. The van der Waals surface area contributed by atoms with Crippen LogP contribution in [0.1, 0.15) is 17.5 Å². The van der Waals surface area contributed by atoms with Gasteiger partial charge < -0.3 is 21.3 Å². The van der Waals surface area contributed by atoms with E-state index in [0.29, 0.717) is 12.9 Å². The van der Waals surface area contributed by atoms with E-state index in [1.54, 1.807) is 0 Å². The number of benzene rings is 2. The summed E-state index contributed by atoms with van der Waals surface area (Å²) in [5, 5.41) is 9.26. The van der Waals surface area contributed by atoms with E-state index in [1.165, 1.54) is 5.56 Å². The van der Waals surface area contributed by atoms with Gasteiger partial charge in [0.1, 0.15) is 11.3 Å². The monoisotopic (exact) mass is 424 g/mol. The van der Waals surface area contributed by atoms with Gasteiger partial charge in [0.15, 0.2) is 0 Å². The van der Waals surface area contributed by atoms with Gasteiger partial charge in [-0.05, 0) is 36.1 Å². The Morgan fingerprint density at radius 2 is 1.62 bits per heavy atom. The summed E-state index contributed by atoms with van der Waals surface area (Å²) in [5.41, 5.74) is 11.7. The molecule has 0 aliphatic rings. The Hall–Kier alpha value is -2.46. The molecule has 2 aromatic rings. The second kappa shape index (κ2) is 11.5. The number of nitrogens with two attached hydrogens (primary N) is 2. The lowest BCUT2D eigenvalue weighted by Crippen LogP contribution is -2.56. The van der Waals surface area contributed by atoms with Crippen LogP contribution in [-0.4, -0.2) is 49.0 Å². The number of hydrogen-bond donors (Lipinski definition) is 4. The van der Waals surface area contributed by atoms with Gasteiger partial charge in [-0.1, -0.05) is 42.5 Å². The van der Waals surface area contributed by atoms with E-state index in [1.807, 2.05) is 42.5 Å². The highest BCUT2D eigenvalue weighted by Gasteiger charge is 2.31. The third-order valence-electron chi connectivity index (χ3n) is 3.94. The molecular weight excluding hydrogens is 396 g/mol. The van der Waals surface area contributed by atoms with Gasteiger partial charge in [0.2, 0.25) is 5.91 Å². The number of aliphatic hydroxyl groups is 1. The van der Waals surface area contributed by atoms with Crippen molar-refractivity contribution in [1.29, 1.82) is 0 Å².